The van der Waals surface area contributed by atoms with Gasteiger partial charge in [-0.1, -0.05) is 35.9 Å². The predicted octanol–water partition coefficient (Wildman–Crippen LogP) is 1.41. The van der Waals surface area contributed by atoms with E-state index in [9.17, 15) is 14.7 Å². The van der Waals surface area contributed by atoms with Gasteiger partial charge in [0.05, 0.1) is 0 Å². The molecule has 0 saturated heterocycles. The van der Waals surface area contributed by atoms with E-state index in [0.717, 1.165) is 0 Å². The van der Waals surface area contributed by atoms with Crippen LogP contribution < -0.4 is 5.32 Å². The van der Waals surface area contributed by atoms with E-state index in [1.54, 1.807) is 24.3 Å². The lowest BCUT2D eigenvalue weighted by Gasteiger charge is -2.08. The zero-order chi connectivity index (χ0) is 14.0. The average Bonchev–Trinajstić information content (AvgIpc) is 2.40. The third-order valence-corrected chi connectivity index (χ3v) is 2.72. The quantitative estimate of drug-likeness (QED) is 0.738. The molecule has 19 heavy (non-hydrogen) atoms. The van der Waals surface area contributed by atoms with Crippen molar-refractivity contribution in [3.8, 4) is 5.75 Å². The number of carbonyl (C=O) groups excluding carboxylic acids is 1. The normalized spacial score (nSPS) is 10.4. The summed E-state index contributed by atoms with van der Waals surface area (Å²) in [5.74, 6) is -2.05. The highest BCUT2D eigenvalue weighted by Gasteiger charge is 2.17. The molecule has 1 aromatic carbocycles. The highest BCUT2D eigenvalue weighted by Crippen LogP contribution is 2.32. The first-order valence-corrected chi connectivity index (χ1v) is 5.65. The smallest absolute Gasteiger partial charge is 0.322 e. The number of halogens is 1. The number of rotatable bonds is 3. The topological polar surface area (TPSA) is 99.5 Å². The van der Waals surface area contributed by atoms with Gasteiger partial charge >= 0.3 is 5.97 Å². The molecule has 0 spiro atoms. The van der Waals surface area contributed by atoms with Crippen LogP contribution in [0, 0.1) is 0 Å². The fourth-order valence-corrected chi connectivity index (χ4v) is 1.82. The van der Waals surface area contributed by atoms with Crippen molar-refractivity contribution in [2.24, 2.45) is 0 Å². The van der Waals surface area contributed by atoms with E-state index in [1.807, 2.05) is 0 Å². The number of fused-ring (bicyclic) bond motifs is 1. The number of nitrogens with one attached hydrogen (secondary N) is 1. The number of pyridine rings is 1. The summed E-state index contributed by atoms with van der Waals surface area (Å²) >= 11 is 5.74. The van der Waals surface area contributed by atoms with Gasteiger partial charge in [-0.05, 0) is 0 Å². The van der Waals surface area contributed by atoms with Crippen LogP contribution in [0.1, 0.15) is 10.5 Å². The van der Waals surface area contributed by atoms with Crippen LogP contribution in [-0.4, -0.2) is 33.6 Å². The Hall–Kier alpha value is -2.34. The van der Waals surface area contributed by atoms with Crippen LogP contribution in [0.2, 0.25) is 5.15 Å². The van der Waals surface area contributed by atoms with Gasteiger partial charge in [0.25, 0.3) is 5.91 Å². The summed E-state index contributed by atoms with van der Waals surface area (Å²) in [6, 6.07) is 6.53. The molecule has 0 unspecified atom stereocenters. The SMILES string of the molecule is O=C(O)CNC(=O)c1nc(Cl)c(O)c2ccccc12. The monoisotopic (exact) mass is 280 g/mol. The van der Waals surface area contributed by atoms with Gasteiger partial charge in [0.1, 0.15) is 12.2 Å². The molecule has 0 saturated carbocycles. The third-order valence-electron chi connectivity index (χ3n) is 2.46. The molecule has 1 heterocycles. The van der Waals surface area contributed by atoms with Crippen molar-refractivity contribution in [1.29, 1.82) is 0 Å². The van der Waals surface area contributed by atoms with Crippen molar-refractivity contribution < 1.29 is 19.8 Å². The Balaban J connectivity index is 2.51. The van der Waals surface area contributed by atoms with E-state index in [1.165, 1.54) is 0 Å². The van der Waals surface area contributed by atoms with Gasteiger partial charge in [-0.15, -0.1) is 0 Å². The lowest BCUT2D eigenvalue weighted by molar-refractivity contribution is -0.135. The van der Waals surface area contributed by atoms with Gasteiger partial charge < -0.3 is 15.5 Å². The number of aliphatic carboxylic acids is 1. The van der Waals surface area contributed by atoms with Gasteiger partial charge in [-0.25, -0.2) is 4.98 Å². The van der Waals surface area contributed by atoms with Crippen LogP contribution in [0.4, 0.5) is 0 Å². The Labute approximate surface area is 112 Å². The molecular weight excluding hydrogens is 272 g/mol. The minimum Gasteiger partial charge on any atom is -0.504 e. The Bertz CT molecular complexity index is 672. The van der Waals surface area contributed by atoms with Crippen LogP contribution in [0.3, 0.4) is 0 Å². The molecule has 1 amide bonds. The number of carbonyl (C=O) groups is 2. The van der Waals surface area contributed by atoms with E-state index >= 15 is 0 Å². The molecule has 2 aromatic rings. The highest BCUT2D eigenvalue weighted by atomic mass is 35.5. The number of carboxylic acid groups (broad SMARTS) is 1. The molecule has 0 aliphatic heterocycles. The molecule has 98 valence electrons. The number of hydrogen-bond acceptors (Lipinski definition) is 4. The maximum absolute atomic E-state index is 11.8. The zero-order valence-corrected chi connectivity index (χ0v) is 10.3. The molecule has 2 rings (SSSR count). The minimum absolute atomic E-state index is 0.0281. The number of amides is 1. The molecule has 0 aliphatic carbocycles. The van der Waals surface area contributed by atoms with E-state index in [4.69, 9.17) is 16.7 Å². The number of nitrogens with zero attached hydrogens (tertiary/aromatic N) is 1. The van der Waals surface area contributed by atoms with Gasteiger partial charge in [-0.2, -0.15) is 0 Å². The van der Waals surface area contributed by atoms with E-state index in [0.29, 0.717) is 10.8 Å². The van der Waals surface area contributed by atoms with Crippen molar-refractivity contribution >= 4 is 34.2 Å². The first-order valence-electron chi connectivity index (χ1n) is 5.28. The Morgan fingerprint density at radius 1 is 1.26 bits per heavy atom. The lowest BCUT2D eigenvalue weighted by Crippen LogP contribution is -2.30. The highest BCUT2D eigenvalue weighted by molar-refractivity contribution is 6.32. The van der Waals surface area contributed by atoms with E-state index < -0.39 is 18.4 Å². The zero-order valence-electron chi connectivity index (χ0n) is 9.55. The maximum Gasteiger partial charge on any atom is 0.322 e. The van der Waals surface area contributed by atoms with Gasteiger partial charge in [0.2, 0.25) is 0 Å². The summed E-state index contributed by atoms with van der Waals surface area (Å²) in [4.78, 5) is 26.1. The van der Waals surface area contributed by atoms with Crippen LogP contribution >= 0.6 is 11.6 Å². The van der Waals surface area contributed by atoms with Crippen LogP contribution in [0.25, 0.3) is 10.8 Å². The van der Waals surface area contributed by atoms with Crippen LogP contribution in [0.15, 0.2) is 24.3 Å². The van der Waals surface area contributed by atoms with Crippen LogP contribution in [0.5, 0.6) is 5.75 Å². The fourth-order valence-electron chi connectivity index (χ4n) is 1.63. The van der Waals surface area contributed by atoms with Crippen molar-refractivity contribution in [2.45, 2.75) is 0 Å². The number of benzene rings is 1. The predicted molar refractivity (Wildman–Crippen MR) is 68.4 cm³/mol. The second kappa shape index (κ2) is 5.11. The van der Waals surface area contributed by atoms with E-state index in [-0.39, 0.29) is 16.6 Å². The Morgan fingerprint density at radius 2 is 1.89 bits per heavy atom. The van der Waals surface area contributed by atoms with Gasteiger partial charge in [0.15, 0.2) is 10.9 Å². The fraction of sp³-hybridized carbons (Fsp3) is 0.0833. The lowest BCUT2D eigenvalue weighted by atomic mass is 10.1. The summed E-state index contributed by atoms with van der Waals surface area (Å²) in [6.45, 7) is -0.521. The molecule has 6 nitrogen and oxygen atoms in total. The second-order valence-corrected chi connectivity index (χ2v) is 4.08. The van der Waals surface area contributed by atoms with Crippen molar-refractivity contribution in [1.82, 2.24) is 10.3 Å². The molecule has 1 aromatic heterocycles. The summed E-state index contributed by atoms with van der Waals surface area (Å²) in [5.41, 5.74) is -0.0281. The molecule has 0 radical (unpaired) electrons. The summed E-state index contributed by atoms with van der Waals surface area (Å²) in [7, 11) is 0. The van der Waals surface area contributed by atoms with Crippen molar-refractivity contribution in [3.05, 3.63) is 35.1 Å². The largest absolute Gasteiger partial charge is 0.504 e. The molecular formula is C12H9ClN2O4. The number of aromatic hydroxyl groups is 1. The Kier molecular flexibility index (Phi) is 3.52. The van der Waals surface area contributed by atoms with Gasteiger partial charge in [-0.3, -0.25) is 9.59 Å². The number of hydrogen-bond donors (Lipinski definition) is 3. The van der Waals surface area contributed by atoms with Gasteiger partial charge in [0, 0.05) is 10.8 Å². The van der Waals surface area contributed by atoms with E-state index in [2.05, 4.69) is 10.3 Å². The molecule has 0 fully saturated rings. The van der Waals surface area contributed by atoms with Crippen molar-refractivity contribution in [2.75, 3.05) is 6.54 Å². The molecule has 0 aliphatic rings. The first kappa shape index (κ1) is 13.1. The number of aromatic nitrogens is 1. The summed E-state index contributed by atoms with van der Waals surface area (Å²) in [5, 5.41) is 21.0. The Morgan fingerprint density at radius 3 is 2.53 bits per heavy atom. The van der Waals surface area contributed by atoms with Crippen LogP contribution in [-0.2, 0) is 4.79 Å². The minimum atomic E-state index is -1.16. The second-order valence-electron chi connectivity index (χ2n) is 3.72. The number of carboxylic acids is 1. The summed E-state index contributed by atoms with van der Waals surface area (Å²) < 4.78 is 0. The molecule has 7 heteroatoms. The van der Waals surface area contributed by atoms with Crippen molar-refractivity contribution in [3.63, 3.8) is 0 Å². The molecule has 0 atom stereocenters. The standard InChI is InChI=1S/C12H9ClN2O4/c13-11-10(18)7-4-2-1-3-6(7)9(15-11)12(19)14-5-8(16)17/h1-4,18H,5H2,(H,14,19)(H,16,17). The first-order chi connectivity index (χ1) is 9.00. The molecule has 0 bridgehead atoms. The third kappa shape index (κ3) is 2.58. The average molecular weight is 281 g/mol. The summed E-state index contributed by atoms with van der Waals surface area (Å²) in [6.07, 6.45) is 0. The maximum atomic E-state index is 11.8. The molecule has 3 N–H and O–H groups in total.